The third-order valence-electron chi connectivity index (χ3n) is 5.90. The Hall–Kier alpha value is -2.09. The van der Waals surface area contributed by atoms with Crippen molar-refractivity contribution in [3.05, 3.63) is 24.3 Å². The lowest BCUT2D eigenvalue weighted by molar-refractivity contribution is -0.123. The van der Waals surface area contributed by atoms with Gasteiger partial charge >= 0.3 is 0 Å². The standard InChI is InChI=1S/C21H31N3O4S/c1-3-29(27,28)18-6-4-17(5-7-18)24-12-9-16(10-13-24)23-20(25)8-11-22-21(26)19-14-15(19)2/h4-7,15-16,19H,3,8-14H2,1-2H3,(H,22,26)(H,23,25). The van der Waals surface area contributed by atoms with Gasteiger partial charge in [-0.05, 0) is 49.4 Å². The van der Waals surface area contributed by atoms with Crippen LogP contribution in [0.15, 0.2) is 29.2 Å². The largest absolute Gasteiger partial charge is 0.371 e. The van der Waals surface area contributed by atoms with Crippen molar-refractivity contribution in [3.8, 4) is 0 Å². The summed E-state index contributed by atoms with van der Waals surface area (Å²) in [4.78, 5) is 26.5. The van der Waals surface area contributed by atoms with E-state index in [2.05, 4.69) is 22.5 Å². The maximum absolute atomic E-state index is 12.1. The predicted octanol–water partition coefficient (Wildman–Crippen LogP) is 1.73. The molecule has 7 nitrogen and oxygen atoms in total. The molecule has 8 heteroatoms. The van der Waals surface area contributed by atoms with Crippen LogP contribution in [0, 0.1) is 11.8 Å². The second-order valence-electron chi connectivity index (χ2n) is 8.09. The number of carbonyl (C=O) groups is 2. The number of piperidine rings is 1. The predicted molar refractivity (Wildman–Crippen MR) is 112 cm³/mol. The molecule has 0 radical (unpaired) electrons. The summed E-state index contributed by atoms with van der Waals surface area (Å²) < 4.78 is 23.8. The molecule has 29 heavy (non-hydrogen) atoms. The highest BCUT2D eigenvalue weighted by atomic mass is 32.2. The molecular formula is C21H31N3O4S. The second-order valence-corrected chi connectivity index (χ2v) is 10.4. The summed E-state index contributed by atoms with van der Waals surface area (Å²) in [6.45, 7) is 5.70. The minimum Gasteiger partial charge on any atom is -0.371 e. The zero-order valence-corrected chi connectivity index (χ0v) is 18.0. The van der Waals surface area contributed by atoms with Crippen molar-refractivity contribution in [1.82, 2.24) is 10.6 Å². The third kappa shape index (κ3) is 5.72. The van der Waals surface area contributed by atoms with Gasteiger partial charge < -0.3 is 15.5 Å². The first-order chi connectivity index (χ1) is 13.8. The molecule has 1 aliphatic carbocycles. The number of hydrogen-bond donors (Lipinski definition) is 2. The van der Waals surface area contributed by atoms with Gasteiger partial charge in [0.2, 0.25) is 11.8 Å². The summed E-state index contributed by atoms with van der Waals surface area (Å²) in [5, 5.41) is 5.90. The Morgan fingerprint density at radius 1 is 1.14 bits per heavy atom. The van der Waals surface area contributed by atoms with E-state index in [0.29, 0.717) is 23.8 Å². The van der Waals surface area contributed by atoms with E-state index < -0.39 is 9.84 Å². The topological polar surface area (TPSA) is 95.6 Å². The smallest absolute Gasteiger partial charge is 0.223 e. The van der Waals surface area contributed by atoms with Crippen LogP contribution in [0.3, 0.4) is 0 Å². The number of carbonyl (C=O) groups excluding carboxylic acids is 2. The van der Waals surface area contributed by atoms with Crippen molar-refractivity contribution in [1.29, 1.82) is 0 Å². The summed E-state index contributed by atoms with van der Waals surface area (Å²) in [7, 11) is -3.18. The lowest BCUT2D eigenvalue weighted by atomic mass is 10.0. The Morgan fingerprint density at radius 2 is 1.76 bits per heavy atom. The summed E-state index contributed by atoms with van der Waals surface area (Å²) >= 11 is 0. The van der Waals surface area contributed by atoms with E-state index in [4.69, 9.17) is 0 Å². The van der Waals surface area contributed by atoms with Crippen LogP contribution in [0.5, 0.6) is 0 Å². The molecule has 1 saturated carbocycles. The van der Waals surface area contributed by atoms with Gasteiger partial charge in [-0.25, -0.2) is 8.42 Å². The fourth-order valence-electron chi connectivity index (χ4n) is 3.73. The number of anilines is 1. The maximum Gasteiger partial charge on any atom is 0.223 e. The molecule has 1 heterocycles. The Balaban J connectivity index is 1.38. The summed E-state index contributed by atoms with van der Waals surface area (Å²) in [6.07, 6.45) is 2.94. The van der Waals surface area contributed by atoms with Crippen LogP contribution in [-0.4, -0.2) is 51.7 Å². The van der Waals surface area contributed by atoms with Crippen LogP contribution < -0.4 is 15.5 Å². The Kier molecular flexibility index (Phi) is 6.82. The van der Waals surface area contributed by atoms with E-state index in [1.807, 2.05) is 12.1 Å². The lowest BCUT2D eigenvalue weighted by Gasteiger charge is -2.34. The van der Waals surface area contributed by atoms with Crippen molar-refractivity contribution in [2.45, 2.75) is 50.5 Å². The van der Waals surface area contributed by atoms with Gasteiger partial charge in [0, 0.05) is 43.7 Å². The van der Waals surface area contributed by atoms with Gasteiger partial charge in [-0.2, -0.15) is 0 Å². The average Bonchev–Trinajstić information content (AvgIpc) is 3.45. The maximum atomic E-state index is 12.1. The molecule has 0 spiro atoms. The lowest BCUT2D eigenvalue weighted by Crippen LogP contribution is -2.45. The molecular weight excluding hydrogens is 390 g/mol. The number of rotatable bonds is 8. The van der Waals surface area contributed by atoms with Crippen LogP contribution in [0.4, 0.5) is 5.69 Å². The van der Waals surface area contributed by atoms with Crippen LogP contribution >= 0.6 is 0 Å². The molecule has 1 aliphatic heterocycles. The van der Waals surface area contributed by atoms with Crippen molar-refractivity contribution < 1.29 is 18.0 Å². The molecule has 0 bridgehead atoms. The van der Waals surface area contributed by atoms with E-state index in [1.165, 1.54) is 0 Å². The molecule has 2 fully saturated rings. The molecule has 2 amide bonds. The number of benzene rings is 1. The van der Waals surface area contributed by atoms with E-state index in [9.17, 15) is 18.0 Å². The minimum atomic E-state index is -3.18. The van der Waals surface area contributed by atoms with Crippen molar-refractivity contribution in [2.75, 3.05) is 30.3 Å². The van der Waals surface area contributed by atoms with Gasteiger partial charge in [-0.15, -0.1) is 0 Å². The van der Waals surface area contributed by atoms with Crippen molar-refractivity contribution >= 4 is 27.3 Å². The fraction of sp³-hybridized carbons (Fsp3) is 0.619. The first kappa shape index (κ1) is 21.6. The SMILES string of the molecule is CCS(=O)(=O)c1ccc(N2CCC(NC(=O)CCNC(=O)C3CC3C)CC2)cc1. The molecule has 0 aromatic heterocycles. The zero-order valence-electron chi connectivity index (χ0n) is 17.2. The Bertz CT molecular complexity index is 830. The van der Waals surface area contributed by atoms with Crippen LogP contribution in [-0.2, 0) is 19.4 Å². The highest BCUT2D eigenvalue weighted by Crippen LogP contribution is 2.37. The molecule has 2 atom stereocenters. The summed E-state index contributed by atoms with van der Waals surface area (Å²) in [6, 6.07) is 7.17. The first-order valence-corrected chi connectivity index (χ1v) is 12.1. The number of nitrogens with zero attached hydrogens (tertiary/aromatic N) is 1. The van der Waals surface area contributed by atoms with Gasteiger partial charge in [0.25, 0.3) is 0 Å². The molecule has 160 valence electrons. The highest BCUT2D eigenvalue weighted by Gasteiger charge is 2.38. The van der Waals surface area contributed by atoms with Gasteiger partial charge in [-0.1, -0.05) is 13.8 Å². The van der Waals surface area contributed by atoms with E-state index >= 15 is 0 Å². The highest BCUT2D eigenvalue weighted by molar-refractivity contribution is 7.91. The Morgan fingerprint density at radius 3 is 2.31 bits per heavy atom. The number of nitrogens with one attached hydrogen (secondary N) is 2. The third-order valence-corrected chi connectivity index (χ3v) is 7.65. The molecule has 3 rings (SSSR count). The van der Waals surface area contributed by atoms with Crippen LogP contribution in [0.25, 0.3) is 0 Å². The first-order valence-electron chi connectivity index (χ1n) is 10.4. The molecule has 1 saturated heterocycles. The normalized spacial score (nSPS) is 22.2. The van der Waals surface area contributed by atoms with Gasteiger partial charge in [0.1, 0.15) is 0 Å². The molecule has 2 aliphatic rings. The quantitative estimate of drug-likeness (QED) is 0.666. The molecule has 2 unspecified atom stereocenters. The fourth-order valence-corrected chi connectivity index (χ4v) is 4.61. The number of amides is 2. The second kappa shape index (κ2) is 9.15. The summed E-state index contributed by atoms with van der Waals surface area (Å²) in [5.41, 5.74) is 1.00. The number of hydrogen-bond acceptors (Lipinski definition) is 5. The zero-order chi connectivity index (χ0) is 21.0. The minimum absolute atomic E-state index is 0.0262. The van der Waals surface area contributed by atoms with Crippen molar-refractivity contribution in [3.63, 3.8) is 0 Å². The van der Waals surface area contributed by atoms with Gasteiger partial charge in [0.05, 0.1) is 10.6 Å². The monoisotopic (exact) mass is 421 g/mol. The molecule has 1 aromatic carbocycles. The van der Waals surface area contributed by atoms with E-state index in [0.717, 1.165) is 38.0 Å². The summed E-state index contributed by atoms with van der Waals surface area (Å²) in [5.74, 6) is 0.749. The average molecular weight is 422 g/mol. The van der Waals surface area contributed by atoms with E-state index in [1.54, 1.807) is 19.1 Å². The van der Waals surface area contributed by atoms with Crippen LogP contribution in [0.1, 0.15) is 39.5 Å². The molecule has 2 N–H and O–H groups in total. The van der Waals surface area contributed by atoms with Gasteiger partial charge in [0.15, 0.2) is 9.84 Å². The number of sulfone groups is 1. The van der Waals surface area contributed by atoms with Crippen LogP contribution in [0.2, 0.25) is 0 Å². The van der Waals surface area contributed by atoms with E-state index in [-0.39, 0.29) is 29.5 Å². The van der Waals surface area contributed by atoms with Crippen molar-refractivity contribution in [2.24, 2.45) is 11.8 Å². The Labute approximate surface area is 173 Å². The van der Waals surface area contributed by atoms with Gasteiger partial charge in [-0.3, -0.25) is 9.59 Å². The molecule has 1 aromatic rings.